The third kappa shape index (κ3) is 5.52. The monoisotopic (exact) mass is 551 g/mol. The molecule has 4 amide bonds. The van der Waals surface area contributed by atoms with Crippen LogP contribution in [0.5, 0.6) is 0 Å². The molecule has 210 valence electrons. The lowest BCUT2D eigenvalue weighted by atomic mass is 9.89. The normalized spacial score (nSPS) is 19.3. The number of carbonyl (C=O) groups is 4. The molecular formula is C32H33N5O4. The van der Waals surface area contributed by atoms with E-state index < -0.39 is 29.7 Å². The van der Waals surface area contributed by atoms with Crippen LogP contribution in [0, 0.1) is 0 Å². The van der Waals surface area contributed by atoms with Crippen LogP contribution in [0.4, 0.5) is 17.1 Å². The van der Waals surface area contributed by atoms with Gasteiger partial charge in [0.05, 0.1) is 11.1 Å². The highest BCUT2D eigenvalue weighted by Crippen LogP contribution is 2.32. The Labute approximate surface area is 238 Å². The molecule has 0 spiro atoms. The first kappa shape index (κ1) is 26.6. The summed E-state index contributed by atoms with van der Waals surface area (Å²) in [5.41, 5.74) is 4.95. The number of benzene rings is 3. The minimum Gasteiger partial charge on any atom is -0.383 e. The fraction of sp³-hybridized carbons (Fsp3) is 0.312. The van der Waals surface area contributed by atoms with Gasteiger partial charge in [0.1, 0.15) is 6.04 Å². The van der Waals surface area contributed by atoms with Gasteiger partial charge in [-0.15, -0.1) is 0 Å². The first-order valence-electron chi connectivity index (χ1n) is 14.2. The Morgan fingerprint density at radius 3 is 2.17 bits per heavy atom. The first-order chi connectivity index (χ1) is 20.0. The summed E-state index contributed by atoms with van der Waals surface area (Å²) in [4.78, 5) is 53.1. The summed E-state index contributed by atoms with van der Waals surface area (Å²) in [6, 6.07) is 23.3. The van der Waals surface area contributed by atoms with Crippen molar-refractivity contribution in [3.05, 3.63) is 89.5 Å². The van der Waals surface area contributed by atoms with E-state index in [1.54, 1.807) is 18.2 Å². The maximum absolute atomic E-state index is 13.0. The minimum absolute atomic E-state index is 0.0965. The maximum Gasteiger partial charge on any atom is 0.262 e. The number of imide groups is 2. The average Bonchev–Trinajstić information content (AvgIpc) is 3.25. The van der Waals surface area contributed by atoms with Gasteiger partial charge in [-0.2, -0.15) is 0 Å². The molecule has 9 nitrogen and oxygen atoms in total. The van der Waals surface area contributed by atoms with E-state index in [2.05, 4.69) is 75.4 Å². The molecule has 3 aliphatic rings. The van der Waals surface area contributed by atoms with E-state index in [4.69, 9.17) is 0 Å². The third-order valence-electron chi connectivity index (χ3n) is 8.20. The Hall–Kier alpha value is -4.66. The second-order valence-corrected chi connectivity index (χ2v) is 10.8. The van der Waals surface area contributed by atoms with Crippen molar-refractivity contribution in [2.45, 2.75) is 37.6 Å². The van der Waals surface area contributed by atoms with Crippen LogP contribution in [0.2, 0.25) is 0 Å². The Kier molecular flexibility index (Phi) is 7.41. The first-order valence-corrected chi connectivity index (χ1v) is 14.2. The van der Waals surface area contributed by atoms with Crippen LogP contribution in [0.3, 0.4) is 0 Å². The molecule has 6 rings (SSSR count). The van der Waals surface area contributed by atoms with E-state index in [1.165, 1.54) is 11.3 Å². The van der Waals surface area contributed by atoms with Crippen LogP contribution >= 0.6 is 0 Å². The topological polar surface area (TPSA) is 111 Å². The van der Waals surface area contributed by atoms with Gasteiger partial charge < -0.3 is 15.5 Å². The zero-order valence-electron chi connectivity index (χ0n) is 22.8. The van der Waals surface area contributed by atoms with Crippen LogP contribution < -0.4 is 20.9 Å². The lowest BCUT2D eigenvalue weighted by molar-refractivity contribution is -0.136. The van der Waals surface area contributed by atoms with Crippen molar-refractivity contribution in [1.82, 2.24) is 10.2 Å². The lowest BCUT2D eigenvalue weighted by Crippen LogP contribution is -2.54. The minimum atomic E-state index is -0.966. The highest BCUT2D eigenvalue weighted by Gasteiger charge is 2.44. The molecule has 0 bridgehead atoms. The van der Waals surface area contributed by atoms with Crippen LogP contribution in [-0.4, -0.2) is 60.7 Å². The van der Waals surface area contributed by atoms with E-state index in [0.717, 1.165) is 36.5 Å². The number of anilines is 3. The zero-order chi connectivity index (χ0) is 28.3. The quantitative estimate of drug-likeness (QED) is 0.287. The van der Waals surface area contributed by atoms with Gasteiger partial charge in [0.15, 0.2) is 0 Å². The Balaban J connectivity index is 1.01. The molecule has 0 saturated carbocycles. The van der Waals surface area contributed by atoms with Crippen molar-refractivity contribution < 1.29 is 19.2 Å². The van der Waals surface area contributed by atoms with Gasteiger partial charge in [-0.3, -0.25) is 29.4 Å². The fourth-order valence-electron chi connectivity index (χ4n) is 6.00. The fourth-order valence-corrected chi connectivity index (χ4v) is 6.00. The van der Waals surface area contributed by atoms with Gasteiger partial charge in [-0.1, -0.05) is 36.4 Å². The summed E-state index contributed by atoms with van der Waals surface area (Å²) in [5, 5.41) is 8.99. The molecule has 0 aromatic heterocycles. The second-order valence-electron chi connectivity index (χ2n) is 10.8. The molecule has 0 radical (unpaired) electrons. The highest BCUT2D eigenvalue weighted by molar-refractivity contribution is 6.23. The van der Waals surface area contributed by atoms with Crippen molar-refractivity contribution in [2.75, 3.05) is 41.7 Å². The third-order valence-corrected chi connectivity index (χ3v) is 8.20. The predicted octanol–water partition coefficient (Wildman–Crippen LogP) is 4.00. The highest BCUT2D eigenvalue weighted by atomic mass is 16.2. The van der Waals surface area contributed by atoms with Gasteiger partial charge in [0.2, 0.25) is 11.8 Å². The number of amides is 4. The summed E-state index contributed by atoms with van der Waals surface area (Å²) < 4.78 is 0. The summed E-state index contributed by atoms with van der Waals surface area (Å²) in [7, 11) is 0. The Bertz CT molecular complexity index is 1480. The van der Waals surface area contributed by atoms with Crippen molar-refractivity contribution in [1.29, 1.82) is 0 Å². The summed E-state index contributed by atoms with van der Waals surface area (Å²) in [5.74, 6) is -1.39. The molecule has 3 aromatic rings. The van der Waals surface area contributed by atoms with E-state index in [-0.39, 0.29) is 24.0 Å². The smallest absolute Gasteiger partial charge is 0.262 e. The standard InChI is InChI=1S/C32H33N5O4/c38-29-12-11-28(30(39)35-29)37-31(40)26-10-9-24(20-27(26)32(37)41)34-16-15-33-23-7-4-8-25(19-23)36-17-13-22(14-18-36)21-5-2-1-3-6-21/h1-10,19-20,22,28,33-34H,11-18H2,(H,35,38,39). The van der Waals surface area contributed by atoms with E-state index in [1.807, 2.05) is 0 Å². The molecule has 1 atom stereocenters. The predicted molar refractivity (Wildman–Crippen MR) is 157 cm³/mol. The van der Waals surface area contributed by atoms with Crippen LogP contribution in [-0.2, 0) is 9.59 Å². The molecule has 3 aromatic carbocycles. The molecular weight excluding hydrogens is 518 g/mol. The summed E-state index contributed by atoms with van der Waals surface area (Å²) >= 11 is 0. The average molecular weight is 552 g/mol. The molecule has 3 N–H and O–H groups in total. The molecule has 3 heterocycles. The molecule has 0 aliphatic carbocycles. The van der Waals surface area contributed by atoms with Crippen LogP contribution in [0.15, 0.2) is 72.8 Å². The number of hydrogen-bond acceptors (Lipinski definition) is 7. The lowest BCUT2D eigenvalue weighted by Gasteiger charge is -2.34. The zero-order valence-corrected chi connectivity index (χ0v) is 22.8. The number of rotatable bonds is 8. The molecule has 2 fully saturated rings. The van der Waals surface area contributed by atoms with Gasteiger partial charge >= 0.3 is 0 Å². The summed E-state index contributed by atoms with van der Waals surface area (Å²) in [6.07, 6.45) is 2.52. The number of nitrogens with one attached hydrogen (secondary N) is 3. The number of fused-ring (bicyclic) bond motifs is 1. The number of piperidine rings is 2. The van der Waals surface area contributed by atoms with Gasteiger partial charge in [0, 0.05) is 49.7 Å². The van der Waals surface area contributed by atoms with E-state index in [0.29, 0.717) is 24.7 Å². The SMILES string of the molecule is O=C1CCC(N2C(=O)c3ccc(NCCNc4cccc(N5CCC(c6ccccc6)CC5)c4)cc3C2=O)C(=O)N1. The van der Waals surface area contributed by atoms with Crippen LogP contribution in [0.25, 0.3) is 0 Å². The Morgan fingerprint density at radius 1 is 0.732 bits per heavy atom. The van der Waals surface area contributed by atoms with Crippen LogP contribution in [0.1, 0.15) is 57.9 Å². The molecule has 3 aliphatic heterocycles. The van der Waals surface area contributed by atoms with Crippen molar-refractivity contribution >= 4 is 40.7 Å². The van der Waals surface area contributed by atoms with Gasteiger partial charge in [-0.25, -0.2) is 0 Å². The van der Waals surface area contributed by atoms with Gasteiger partial charge in [-0.05, 0) is 67.1 Å². The van der Waals surface area contributed by atoms with Crippen molar-refractivity contribution in [3.8, 4) is 0 Å². The van der Waals surface area contributed by atoms with Crippen molar-refractivity contribution in [2.24, 2.45) is 0 Å². The number of nitrogens with zero attached hydrogens (tertiary/aromatic N) is 2. The number of hydrogen-bond donors (Lipinski definition) is 3. The second kappa shape index (κ2) is 11.4. The molecule has 2 saturated heterocycles. The largest absolute Gasteiger partial charge is 0.383 e. The van der Waals surface area contributed by atoms with Gasteiger partial charge in [0.25, 0.3) is 11.8 Å². The summed E-state index contributed by atoms with van der Waals surface area (Å²) in [6.45, 7) is 3.33. The maximum atomic E-state index is 13.0. The number of carbonyl (C=O) groups excluding carboxylic acids is 4. The molecule has 1 unspecified atom stereocenters. The van der Waals surface area contributed by atoms with Crippen molar-refractivity contribution in [3.63, 3.8) is 0 Å². The molecule has 41 heavy (non-hydrogen) atoms. The van der Waals surface area contributed by atoms with E-state index >= 15 is 0 Å². The molecule has 9 heteroatoms. The Morgan fingerprint density at radius 2 is 1.44 bits per heavy atom. The van der Waals surface area contributed by atoms with E-state index in [9.17, 15) is 19.2 Å².